The molecule has 296 valence electrons. The first-order valence-corrected chi connectivity index (χ1v) is 20.3. The summed E-state index contributed by atoms with van der Waals surface area (Å²) in [7, 11) is -0.631. The van der Waals surface area contributed by atoms with Gasteiger partial charge in [0.2, 0.25) is 11.7 Å². The van der Waals surface area contributed by atoms with Gasteiger partial charge < -0.3 is 38.7 Å². The predicted molar refractivity (Wildman–Crippen MR) is 215 cm³/mol. The minimum Gasteiger partial charge on any atom is -0.493 e. The Balaban J connectivity index is 0.891. The van der Waals surface area contributed by atoms with Gasteiger partial charge in [0.1, 0.15) is 11.6 Å². The number of Topliss-reactive ketones (excluding diaryl/α,β-unsaturated/α-hetero) is 1. The molecular formula is C41H44N7O8P. The number of rotatable bonds is 16. The number of methoxy groups -OCH3 is 1. The molecule has 0 radical (unpaired) electrons. The highest BCUT2D eigenvalue weighted by Gasteiger charge is 2.34. The molecule has 1 fully saturated rings. The highest BCUT2D eigenvalue weighted by Crippen LogP contribution is 2.45. The van der Waals surface area contributed by atoms with Crippen LogP contribution in [-0.4, -0.2) is 92.6 Å². The fraction of sp³-hybridized carbons (Fsp3) is 0.317. The molecule has 7 rings (SSSR count). The zero-order valence-electron chi connectivity index (χ0n) is 32.0. The van der Waals surface area contributed by atoms with Crippen molar-refractivity contribution in [2.24, 2.45) is 12.0 Å². The van der Waals surface area contributed by atoms with Crippen LogP contribution in [0.3, 0.4) is 0 Å². The third-order valence-electron chi connectivity index (χ3n) is 9.76. The summed E-state index contributed by atoms with van der Waals surface area (Å²) in [5.41, 5.74) is 6.55. The summed E-state index contributed by atoms with van der Waals surface area (Å²) in [4.78, 5) is 68.1. The van der Waals surface area contributed by atoms with Gasteiger partial charge in [-0.25, -0.2) is 9.97 Å². The summed E-state index contributed by atoms with van der Waals surface area (Å²) in [5, 5.41) is 2.77. The first-order valence-electron chi connectivity index (χ1n) is 18.5. The van der Waals surface area contributed by atoms with E-state index in [0.717, 1.165) is 22.3 Å². The average Bonchev–Trinajstić information content (AvgIpc) is 3.86. The van der Waals surface area contributed by atoms with Crippen LogP contribution in [0.5, 0.6) is 5.75 Å². The molecular weight excluding hydrogens is 749 g/mol. The molecule has 0 aliphatic carbocycles. The number of H-pyrrole nitrogens is 1. The number of nitrogens with zero attached hydrogens (tertiary/aromatic N) is 5. The number of nitrogens with one attached hydrogen (secondary N) is 2. The molecule has 1 saturated heterocycles. The lowest BCUT2D eigenvalue weighted by molar-refractivity contribution is -0.116. The van der Waals surface area contributed by atoms with Gasteiger partial charge in [0, 0.05) is 57.6 Å². The molecule has 2 unspecified atom stereocenters. The lowest BCUT2D eigenvalue weighted by atomic mass is 10.1. The van der Waals surface area contributed by atoms with Crippen molar-refractivity contribution in [2.45, 2.75) is 44.8 Å². The third-order valence-corrected chi connectivity index (χ3v) is 11.1. The van der Waals surface area contributed by atoms with Crippen LogP contribution in [0.25, 0.3) is 22.4 Å². The minimum atomic E-state index is -3.83. The minimum absolute atomic E-state index is 0.0276. The van der Waals surface area contributed by atoms with E-state index in [0.29, 0.717) is 58.8 Å². The van der Waals surface area contributed by atoms with Gasteiger partial charge in [0.05, 0.1) is 54.3 Å². The Hall–Kier alpha value is -5.73. The lowest BCUT2D eigenvalue weighted by Crippen LogP contribution is -2.35. The van der Waals surface area contributed by atoms with Crippen molar-refractivity contribution >= 4 is 53.9 Å². The number of ether oxygens (including phenoxy) is 2. The number of carbonyl (C=O) groups is 3. The van der Waals surface area contributed by atoms with E-state index < -0.39 is 7.60 Å². The first-order chi connectivity index (χ1) is 27.4. The fourth-order valence-corrected chi connectivity index (χ4v) is 8.01. The van der Waals surface area contributed by atoms with E-state index in [4.69, 9.17) is 14.0 Å². The van der Waals surface area contributed by atoms with Crippen molar-refractivity contribution in [1.82, 2.24) is 24.4 Å². The number of aromatic amines is 1. The van der Waals surface area contributed by atoms with E-state index >= 15 is 0 Å². The fourth-order valence-electron chi connectivity index (χ4n) is 6.90. The van der Waals surface area contributed by atoms with Crippen molar-refractivity contribution in [3.8, 4) is 17.1 Å². The maximum absolute atomic E-state index is 13.3. The summed E-state index contributed by atoms with van der Waals surface area (Å²) in [6.45, 7) is 6.97. The zero-order chi connectivity index (χ0) is 40.3. The Bertz CT molecular complexity index is 2440. The van der Waals surface area contributed by atoms with E-state index in [1.54, 1.807) is 59.3 Å². The van der Waals surface area contributed by atoms with Gasteiger partial charge in [-0.15, -0.1) is 0 Å². The summed E-state index contributed by atoms with van der Waals surface area (Å²) in [6.07, 6.45) is 4.69. The number of aromatic nitrogens is 4. The molecule has 2 aromatic heterocycles. The standard InChI is InChI=1S/C41H44N7O8P/c1-25-16-30-21-42-33-20-36(26(2)17-31(33)41(51)48(30)22-25)55-13-5-6-38(50)45-37-23-47(3)40(46-37)35(49)19-27-7-10-29(11-8-27)39-43-32-12-9-28(18-34(32)44-39)24-57(52,53)56-15-14-54-4/h7-12,17-18,20-21,23,30H,1,5-6,13-16,19,22,24H2,2-4H3,(H,43,44)(H,45,50)(H,52,53). The van der Waals surface area contributed by atoms with Crippen LogP contribution in [0, 0.1) is 6.92 Å². The Labute approximate surface area is 329 Å². The molecule has 2 atom stereocenters. The zero-order valence-corrected chi connectivity index (χ0v) is 32.9. The number of carbonyl (C=O) groups excluding carboxylic acids is 3. The van der Waals surface area contributed by atoms with Gasteiger partial charge in [-0.2, -0.15) is 0 Å². The maximum atomic E-state index is 13.3. The third kappa shape index (κ3) is 9.29. The van der Waals surface area contributed by atoms with Crippen LogP contribution in [0.4, 0.5) is 11.5 Å². The number of imidazole rings is 2. The van der Waals surface area contributed by atoms with E-state index in [9.17, 15) is 23.8 Å². The second-order valence-corrected chi connectivity index (χ2v) is 16.1. The highest BCUT2D eigenvalue weighted by molar-refractivity contribution is 7.51. The van der Waals surface area contributed by atoms with Crippen molar-refractivity contribution < 1.29 is 37.8 Å². The van der Waals surface area contributed by atoms with E-state index in [2.05, 4.69) is 31.8 Å². The molecule has 15 nitrogen and oxygen atoms in total. The largest absolute Gasteiger partial charge is 0.493 e. The SMILES string of the molecule is C=C1CC2C=Nc3cc(OCCCC(=O)Nc4cn(C)c(C(=O)Cc5ccc(-c6nc7ccc(CP(=O)(O)OCCOC)cc7[nH]6)cc5)n4)c(C)cc3C(=O)N2C1. The van der Waals surface area contributed by atoms with Crippen LogP contribution in [0.15, 0.2) is 77.9 Å². The summed E-state index contributed by atoms with van der Waals surface area (Å²) in [5.74, 6) is 1.18. The molecule has 0 spiro atoms. The molecule has 16 heteroatoms. The molecule has 3 aromatic carbocycles. The summed E-state index contributed by atoms with van der Waals surface area (Å²) < 4.78 is 30.0. The number of aliphatic imine (C=N–C) groups is 1. The molecule has 2 amide bonds. The lowest BCUT2D eigenvalue weighted by Gasteiger charge is -2.20. The summed E-state index contributed by atoms with van der Waals surface area (Å²) >= 11 is 0. The van der Waals surface area contributed by atoms with Crippen LogP contribution >= 0.6 is 7.60 Å². The van der Waals surface area contributed by atoms with Crippen LogP contribution in [0.1, 0.15) is 56.9 Å². The van der Waals surface area contributed by atoms with Crippen molar-refractivity contribution in [1.29, 1.82) is 0 Å². The van der Waals surface area contributed by atoms with Gasteiger partial charge >= 0.3 is 7.60 Å². The number of fused-ring (bicyclic) bond motifs is 3. The number of ketones is 1. The molecule has 0 bridgehead atoms. The molecule has 5 aromatic rings. The Morgan fingerprint density at radius 1 is 1.07 bits per heavy atom. The van der Waals surface area contributed by atoms with Gasteiger partial charge in [-0.05, 0) is 54.7 Å². The second-order valence-electron chi connectivity index (χ2n) is 14.3. The van der Waals surface area contributed by atoms with Crippen molar-refractivity contribution in [3.05, 3.63) is 101 Å². The highest BCUT2D eigenvalue weighted by atomic mass is 31.2. The number of aryl methyl sites for hydroxylation is 2. The molecule has 57 heavy (non-hydrogen) atoms. The van der Waals surface area contributed by atoms with Crippen molar-refractivity contribution in [2.75, 3.05) is 38.8 Å². The van der Waals surface area contributed by atoms with E-state index in [-0.39, 0.29) is 74.1 Å². The number of hydrogen-bond donors (Lipinski definition) is 3. The Kier molecular flexibility index (Phi) is 11.6. The molecule has 0 saturated carbocycles. The normalized spacial score (nSPS) is 16.0. The van der Waals surface area contributed by atoms with Crippen LogP contribution < -0.4 is 10.1 Å². The number of benzene rings is 3. The number of anilines is 1. The van der Waals surface area contributed by atoms with Gasteiger partial charge in [0.25, 0.3) is 5.91 Å². The number of hydrogen-bond acceptors (Lipinski definition) is 10. The van der Waals surface area contributed by atoms with Crippen molar-refractivity contribution in [3.63, 3.8) is 0 Å². The van der Waals surface area contributed by atoms with Crippen LogP contribution in [-0.2, 0) is 38.3 Å². The smallest absolute Gasteiger partial charge is 0.332 e. The Morgan fingerprint density at radius 3 is 2.65 bits per heavy atom. The Morgan fingerprint density at radius 2 is 1.86 bits per heavy atom. The van der Waals surface area contributed by atoms with Crippen LogP contribution in [0.2, 0.25) is 0 Å². The molecule has 2 aliphatic heterocycles. The van der Waals surface area contributed by atoms with E-state index in [1.165, 1.54) is 7.11 Å². The van der Waals surface area contributed by atoms with Gasteiger partial charge in [-0.3, -0.25) is 23.9 Å². The molecule has 4 heterocycles. The first kappa shape index (κ1) is 39.5. The van der Waals surface area contributed by atoms with E-state index in [1.807, 2.05) is 31.2 Å². The topological polar surface area (TPSA) is 190 Å². The molecule has 3 N–H and O–H groups in total. The summed E-state index contributed by atoms with van der Waals surface area (Å²) in [6, 6.07) is 16.2. The van der Waals surface area contributed by atoms with Gasteiger partial charge in [0.15, 0.2) is 11.6 Å². The predicted octanol–water partition coefficient (Wildman–Crippen LogP) is 6.33. The maximum Gasteiger partial charge on any atom is 0.332 e. The number of amides is 2. The monoisotopic (exact) mass is 793 g/mol. The molecule has 2 aliphatic rings. The quantitative estimate of drug-likeness (QED) is 0.0441. The van der Waals surface area contributed by atoms with Gasteiger partial charge in [-0.1, -0.05) is 42.5 Å². The average molecular weight is 794 g/mol. The second kappa shape index (κ2) is 16.8.